The van der Waals surface area contributed by atoms with E-state index < -0.39 is 120 Å². The molecule has 0 radical (unpaired) electrons. The molecule has 12 atom stereocenters. The van der Waals surface area contributed by atoms with E-state index in [9.17, 15) is 68.8 Å². The van der Waals surface area contributed by atoms with Gasteiger partial charge in [0.1, 0.15) is 36.8 Å². The Kier molecular flexibility index (Phi) is 29.9. The van der Waals surface area contributed by atoms with Gasteiger partial charge in [0.25, 0.3) is 0 Å². The summed E-state index contributed by atoms with van der Waals surface area (Å²) in [4.78, 5) is 70.4. The Morgan fingerprint density at radius 2 is 1.44 bits per heavy atom. The summed E-state index contributed by atoms with van der Waals surface area (Å²) in [5.41, 5.74) is 0. The molecule has 0 saturated heterocycles. The molecule has 21 heteroatoms. The van der Waals surface area contributed by atoms with Crippen LogP contribution in [-0.4, -0.2) is 131 Å². The zero-order chi connectivity index (χ0) is 49.1. The molecule has 1 aliphatic heterocycles. The average molecular weight is 987 g/mol. The van der Waals surface area contributed by atoms with E-state index in [4.69, 9.17) is 23.0 Å². The zero-order valence-electron chi connectivity index (χ0n) is 38.8. The lowest BCUT2D eigenvalue weighted by atomic mass is 9.83. The van der Waals surface area contributed by atoms with Crippen molar-refractivity contribution in [2.24, 2.45) is 11.8 Å². The number of carbonyl (C=O) groups excluding carboxylic acids is 3. The van der Waals surface area contributed by atoms with Gasteiger partial charge >= 0.3 is 27.6 Å². The van der Waals surface area contributed by atoms with Crippen LogP contribution in [0.3, 0.4) is 0 Å². The number of phosphoric ester groups is 2. The molecule has 0 aromatic heterocycles. The van der Waals surface area contributed by atoms with Gasteiger partial charge in [-0.05, 0) is 32.1 Å². The number of phosphoric acid groups is 2. The number of allylic oxidation sites excluding steroid dienone is 2. The molecule has 2 bridgehead atoms. The van der Waals surface area contributed by atoms with Crippen LogP contribution in [0.2, 0.25) is 0 Å². The smallest absolute Gasteiger partial charge is 0.462 e. The van der Waals surface area contributed by atoms with Crippen LogP contribution in [0.25, 0.3) is 0 Å². The summed E-state index contributed by atoms with van der Waals surface area (Å²) >= 11 is 0. The minimum atomic E-state index is -5.79. The molecular weight excluding hydrogens is 906 g/mol. The number of unbranched alkanes of at least 4 members (excludes halogenated alkanes) is 14. The zero-order valence-corrected chi connectivity index (χ0v) is 40.6. The lowest BCUT2D eigenvalue weighted by Crippen LogP contribution is -2.56. The third-order valence-electron chi connectivity index (χ3n) is 11.9. The van der Waals surface area contributed by atoms with Gasteiger partial charge < -0.3 is 54.8 Å². The number of aliphatic hydroxyl groups is 6. The first kappa shape index (κ1) is 60.2. The molecule has 384 valence electrons. The summed E-state index contributed by atoms with van der Waals surface area (Å²) in [5, 5.41) is 67.9. The third-order valence-corrected chi connectivity index (χ3v) is 13.4. The maximum absolute atomic E-state index is 13.9. The summed E-state index contributed by atoms with van der Waals surface area (Å²) in [5.74, 6) is -5.77. The number of hydrogen-bond donors (Lipinski definition) is 9. The van der Waals surface area contributed by atoms with Crippen LogP contribution in [-0.2, 0) is 46.6 Å². The van der Waals surface area contributed by atoms with Crippen molar-refractivity contribution in [1.82, 2.24) is 0 Å². The highest BCUT2D eigenvalue weighted by Gasteiger charge is 2.51. The van der Waals surface area contributed by atoms with E-state index in [1.807, 2.05) is 6.92 Å². The quantitative estimate of drug-likeness (QED) is 0.0248. The van der Waals surface area contributed by atoms with E-state index in [-0.39, 0.29) is 38.5 Å². The van der Waals surface area contributed by atoms with Gasteiger partial charge in [-0.15, -0.1) is 0 Å². The van der Waals surface area contributed by atoms with Crippen molar-refractivity contribution in [3.63, 3.8) is 0 Å². The summed E-state index contributed by atoms with van der Waals surface area (Å²) in [6.07, 6.45) is 1.77. The van der Waals surface area contributed by atoms with Crippen LogP contribution in [0.15, 0.2) is 24.3 Å². The molecule has 9 N–H and O–H groups in total. The topological polar surface area (TPSA) is 314 Å². The molecule has 19 nitrogen and oxygen atoms in total. The molecule has 0 amide bonds. The van der Waals surface area contributed by atoms with Gasteiger partial charge in [0.2, 0.25) is 0 Å². The molecular formula is C45H80O19P2. The monoisotopic (exact) mass is 986 g/mol. The minimum Gasteiger partial charge on any atom is -0.462 e. The van der Waals surface area contributed by atoms with Crippen LogP contribution in [0.5, 0.6) is 0 Å². The van der Waals surface area contributed by atoms with Gasteiger partial charge in [-0.3, -0.25) is 28.0 Å². The number of fused-ring (bicyclic) bond motifs is 4. The number of esters is 2. The second-order valence-electron chi connectivity index (χ2n) is 17.6. The van der Waals surface area contributed by atoms with Crippen LogP contribution >= 0.6 is 15.6 Å². The Bertz CT molecular complexity index is 1540. The van der Waals surface area contributed by atoms with Gasteiger partial charge in [-0.25, -0.2) is 9.13 Å². The highest BCUT2D eigenvalue weighted by Crippen LogP contribution is 2.49. The number of hydrogen-bond acceptors (Lipinski definition) is 16. The largest absolute Gasteiger partial charge is 0.472 e. The molecule has 1 saturated carbocycles. The molecule has 1 heterocycles. The fraction of sp³-hybridized carbons (Fsp3) is 0.844. The number of rotatable bonds is 24. The van der Waals surface area contributed by atoms with E-state index >= 15 is 0 Å². The molecule has 0 aromatic rings. The predicted molar refractivity (Wildman–Crippen MR) is 242 cm³/mol. The molecule has 66 heavy (non-hydrogen) atoms. The highest BCUT2D eigenvalue weighted by atomic mass is 31.2. The summed E-state index contributed by atoms with van der Waals surface area (Å²) in [6, 6.07) is 0. The molecule has 1 unspecified atom stereocenters. The first-order valence-corrected chi connectivity index (χ1v) is 27.0. The van der Waals surface area contributed by atoms with Gasteiger partial charge in [0, 0.05) is 25.2 Å². The Morgan fingerprint density at radius 1 is 0.848 bits per heavy atom. The minimum absolute atomic E-state index is 0.0542. The Hall–Kier alpha value is -1.93. The van der Waals surface area contributed by atoms with Crippen molar-refractivity contribution in [2.45, 2.75) is 216 Å². The first-order chi connectivity index (χ1) is 31.3. The molecule has 1 fully saturated rings. The fourth-order valence-electron chi connectivity index (χ4n) is 8.03. The van der Waals surface area contributed by atoms with E-state index in [1.54, 1.807) is 6.08 Å². The third kappa shape index (κ3) is 24.6. The summed E-state index contributed by atoms with van der Waals surface area (Å²) in [7, 11) is -11.5. The van der Waals surface area contributed by atoms with Gasteiger partial charge in [-0.2, -0.15) is 0 Å². The van der Waals surface area contributed by atoms with Crippen LogP contribution in [0.4, 0.5) is 0 Å². The van der Waals surface area contributed by atoms with Crippen LogP contribution in [0.1, 0.15) is 162 Å². The summed E-state index contributed by atoms with van der Waals surface area (Å²) < 4.78 is 52.0. The number of cyclic esters (lactones) is 1. The van der Waals surface area contributed by atoms with E-state index in [0.29, 0.717) is 12.8 Å². The molecule has 1 aliphatic carbocycles. The van der Waals surface area contributed by atoms with Crippen molar-refractivity contribution in [2.75, 3.05) is 13.2 Å². The van der Waals surface area contributed by atoms with Gasteiger partial charge in [0.05, 0.1) is 36.9 Å². The fourth-order valence-corrected chi connectivity index (χ4v) is 9.56. The maximum atomic E-state index is 13.9. The van der Waals surface area contributed by atoms with Crippen LogP contribution in [0, 0.1) is 11.8 Å². The average Bonchev–Trinajstić information content (AvgIpc) is 3.25. The normalized spacial score (nSPS) is 31.2. The van der Waals surface area contributed by atoms with Gasteiger partial charge in [-0.1, -0.05) is 134 Å². The SMILES string of the molecule is CCCCCCCCCCCCCCCC(=O)OC[C@@H]1COP(=O)(O)O[C@H]2[C@H](O)[C@@H](O)[C@H](O)[C@@H](C/C=C\CCCC(=O)O1)[C@@H](O)CC(=O)[C@H](/C=C/[C@@H](O)CCCCC)[C@@H](O)[C@H]2OP(=O)(O)O. The molecule has 2 rings (SSSR count). The van der Waals surface area contributed by atoms with Crippen molar-refractivity contribution in [3.8, 4) is 0 Å². The maximum Gasteiger partial charge on any atom is 0.472 e. The van der Waals surface area contributed by atoms with Crippen LogP contribution < -0.4 is 0 Å². The lowest BCUT2D eigenvalue weighted by Gasteiger charge is -2.38. The van der Waals surface area contributed by atoms with E-state index in [2.05, 4.69) is 6.92 Å². The van der Waals surface area contributed by atoms with Crippen molar-refractivity contribution in [1.29, 1.82) is 0 Å². The molecule has 0 aromatic carbocycles. The number of aliphatic hydroxyl groups excluding tert-OH is 6. The second-order valence-corrected chi connectivity index (χ2v) is 20.2. The Balaban J connectivity index is 2.35. The Labute approximate surface area is 390 Å². The summed E-state index contributed by atoms with van der Waals surface area (Å²) in [6.45, 7) is 2.54. The van der Waals surface area contributed by atoms with Crippen molar-refractivity contribution >= 4 is 33.4 Å². The highest BCUT2D eigenvalue weighted by molar-refractivity contribution is 7.47. The molecule has 2 aliphatic rings. The lowest BCUT2D eigenvalue weighted by molar-refractivity contribution is -0.165. The number of carbonyl (C=O) groups is 3. The standard InChI is InChI=1S/C45H80O19P2/c1-3-5-7-8-9-10-11-12-13-14-15-16-21-25-38(49)60-30-33-31-61-66(58,59)64-45-43(54)42(53)40(51)34(24-20-17-18-22-26-39(50)62-33)36(47)29-37(48)35(28-27-32(46)23-19-6-4-2)41(52)44(45)63-65(55,56)57/h17,20,27-28,32-36,40-47,51-54H,3-16,18-19,21-26,29-31H2,1-2H3,(H,58,59)(H2,55,56,57)/b20-17-,28-27+/t32-,33+,34-,35-,36-,40+,41+,42-,43+,44+,45-/m0/s1. The van der Waals surface area contributed by atoms with Crippen molar-refractivity contribution in [3.05, 3.63) is 24.3 Å². The first-order valence-electron chi connectivity index (χ1n) is 24.0. The Morgan fingerprint density at radius 3 is 2.05 bits per heavy atom. The number of ether oxygens (including phenoxy) is 2. The number of ketones is 1. The van der Waals surface area contributed by atoms with E-state index in [0.717, 1.165) is 50.7 Å². The second kappa shape index (κ2) is 32.8. The number of Topliss-reactive ketones (excluding diaryl/α,β-unsaturated/α-hetero) is 1. The molecule has 0 spiro atoms. The van der Waals surface area contributed by atoms with Gasteiger partial charge in [0.15, 0.2) is 6.10 Å². The van der Waals surface area contributed by atoms with Crippen molar-refractivity contribution < 1.29 is 91.9 Å². The van der Waals surface area contributed by atoms with E-state index in [1.165, 1.54) is 57.4 Å². The predicted octanol–water partition coefficient (Wildman–Crippen LogP) is 5.54.